The first-order valence-corrected chi connectivity index (χ1v) is 3.62. The molecule has 0 aliphatic heterocycles. The van der Waals surface area contributed by atoms with Crippen LogP contribution < -0.4 is 11.5 Å². The third-order valence-electron chi connectivity index (χ3n) is 1.62. The number of nitrogens with zero attached hydrogens (tertiary/aromatic N) is 1. The Kier molecular flexibility index (Phi) is 2.57. The van der Waals surface area contributed by atoms with Gasteiger partial charge in [0.2, 0.25) is 0 Å². The van der Waals surface area contributed by atoms with Gasteiger partial charge < -0.3 is 11.5 Å². The van der Waals surface area contributed by atoms with Crippen LogP contribution in [-0.2, 0) is 0 Å². The van der Waals surface area contributed by atoms with Crippen LogP contribution >= 0.6 is 0 Å². The lowest BCUT2D eigenvalue weighted by molar-refractivity contribution is 0.732. The van der Waals surface area contributed by atoms with Crippen molar-refractivity contribution in [1.82, 2.24) is 4.98 Å². The first-order valence-electron chi connectivity index (χ1n) is 3.62. The maximum absolute atomic E-state index is 5.68. The van der Waals surface area contributed by atoms with Crippen LogP contribution in [0.4, 0.5) is 0 Å². The van der Waals surface area contributed by atoms with Crippen molar-refractivity contribution in [2.45, 2.75) is 13.0 Å². The summed E-state index contributed by atoms with van der Waals surface area (Å²) >= 11 is 0. The van der Waals surface area contributed by atoms with E-state index in [1.54, 1.807) is 6.20 Å². The molecule has 0 aromatic carbocycles. The molecule has 0 fully saturated rings. The van der Waals surface area contributed by atoms with Crippen molar-refractivity contribution in [3.63, 3.8) is 0 Å². The van der Waals surface area contributed by atoms with Gasteiger partial charge in [-0.3, -0.25) is 4.98 Å². The Morgan fingerprint density at radius 1 is 1.55 bits per heavy atom. The molecule has 4 N–H and O–H groups in total. The van der Waals surface area contributed by atoms with Crippen LogP contribution in [0.1, 0.15) is 17.3 Å². The van der Waals surface area contributed by atoms with Gasteiger partial charge >= 0.3 is 0 Å². The molecule has 0 radical (unpaired) electrons. The molecule has 0 unspecified atom stereocenters. The Labute approximate surface area is 66.4 Å². The predicted molar refractivity (Wildman–Crippen MR) is 45.0 cm³/mol. The molecule has 1 atom stereocenters. The molecule has 11 heavy (non-hydrogen) atoms. The standard InChI is InChI=1S/C8H13N3/c1-6-2-3-7(5-11-6)8(10)4-9/h2-3,5,8H,4,9-10H2,1H3/t8-/m1/s1. The minimum absolute atomic E-state index is 0.0805. The van der Waals surface area contributed by atoms with E-state index in [4.69, 9.17) is 11.5 Å². The van der Waals surface area contributed by atoms with Gasteiger partial charge in [0.25, 0.3) is 0 Å². The molecular formula is C8H13N3. The van der Waals surface area contributed by atoms with Crippen molar-refractivity contribution in [3.8, 4) is 0 Å². The van der Waals surface area contributed by atoms with Crippen molar-refractivity contribution in [1.29, 1.82) is 0 Å². The van der Waals surface area contributed by atoms with Gasteiger partial charge in [-0.25, -0.2) is 0 Å². The maximum Gasteiger partial charge on any atom is 0.0434 e. The zero-order chi connectivity index (χ0) is 8.27. The maximum atomic E-state index is 5.68. The van der Waals surface area contributed by atoms with E-state index in [9.17, 15) is 0 Å². The summed E-state index contributed by atoms with van der Waals surface area (Å²) in [7, 11) is 0. The van der Waals surface area contributed by atoms with Gasteiger partial charge in [-0.1, -0.05) is 6.07 Å². The van der Waals surface area contributed by atoms with Crippen molar-refractivity contribution in [2.24, 2.45) is 11.5 Å². The number of hydrogen-bond donors (Lipinski definition) is 2. The fourth-order valence-electron chi connectivity index (χ4n) is 0.835. The van der Waals surface area contributed by atoms with Crippen LogP contribution in [0.2, 0.25) is 0 Å². The molecule has 1 rings (SSSR count). The quantitative estimate of drug-likeness (QED) is 0.641. The Balaban J connectivity index is 2.81. The van der Waals surface area contributed by atoms with Crippen molar-refractivity contribution < 1.29 is 0 Å². The highest BCUT2D eigenvalue weighted by molar-refractivity contribution is 5.16. The topological polar surface area (TPSA) is 64.9 Å². The van der Waals surface area contributed by atoms with E-state index in [-0.39, 0.29) is 6.04 Å². The lowest BCUT2D eigenvalue weighted by Gasteiger charge is -2.07. The normalized spacial score (nSPS) is 13.0. The molecular weight excluding hydrogens is 138 g/mol. The highest BCUT2D eigenvalue weighted by Gasteiger charge is 2.01. The molecule has 0 aliphatic carbocycles. The Bertz CT molecular complexity index is 217. The molecule has 60 valence electrons. The van der Waals surface area contributed by atoms with Crippen LogP contribution in [-0.4, -0.2) is 11.5 Å². The lowest BCUT2D eigenvalue weighted by atomic mass is 10.1. The molecule has 1 aromatic rings. The third kappa shape index (κ3) is 2.00. The van der Waals surface area contributed by atoms with Gasteiger partial charge in [-0.15, -0.1) is 0 Å². The summed E-state index contributed by atoms with van der Waals surface area (Å²) in [6.45, 7) is 2.41. The highest BCUT2D eigenvalue weighted by atomic mass is 14.7. The predicted octanol–water partition coefficient (Wildman–Crippen LogP) is 0.349. The second-order valence-corrected chi connectivity index (χ2v) is 2.58. The van der Waals surface area contributed by atoms with E-state index in [1.165, 1.54) is 0 Å². The van der Waals surface area contributed by atoms with Crippen LogP contribution in [0.15, 0.2) is 18.3 Å². The molecule has 0 aliphatic rings. The molecule has 0 bridgehead atoms. The Hall–Kier alpha value is -0.930. The molecule has 1 heterocycles. The van der Waals surface area contributed by atoms with Gasteiger partial charge in [0.05, 0.1) is 0 Å². The van der Waals surface area contributed by atoms with E-state index in [1.807, 2.05) is 19.1 Å². The Morgan fingerprint density at radius 3 is 2.73 bits per heavy atom. The average Bonchev–Trinajstić information content (AvgIpc) is 2.05. The number of hydrogen-bond acceptors (Lipinski definition) is 3. The molecule has 0 spiro atoms. The summed E-state index contributed by atoms with van der Waals surface area (Å²) in [4.78, 5) is 4.11. The minimum Gasteiger partial charge on any atom is -0.329 e. The van der Waals surface area contributed by atoms with Gasteiger partial charge in [0.15, 0.2) is 0 Å². The SMILES string of the molecule is Cc1ccc([C@H](N)CN)cn1. The number of rotatable bonds is 2. The van der Waals surface area contributed by atoms with Crippen molar-refractivity contribution >= 4 is 0 Å². The number of aromatic nitrogens is 1. The smallest absolute Gasteiger partial charge is 0.0434 e. The zero-order valence-electron chi connectivity index (χ0n) is 6.62. The van der Waals surface area contributed by atoms with E-state index >= 15 is 0 Å². The molecule has 0 saturated carbocycles. The summed E-state index contributed by atoms with van der Waals surface area (Å²) in [6, 6.07) is 3.81. The number of aryl methyl sites for hydroxylation is 1. The van der Waals surface area contributed by atoms with E-state index in [0.29, 0.717) is 6.54 Å². The van der Waals surface area contributed by atoms with Crippen LogP contribution in [0.5, 0.6) is 0 Å². The van der Waals surface area contributed by atoms with Gasteiger partial charge in [-0.05, 0) is 18.6 Å². The average molecular weight is 151 g/mol. The van der Waals surface area contributed by atoms with Crippen molar-refractivity contribution in [3.05, 3.63) is 29.6 Å². The van der Waals surface area contributed by atoms with Gasteiger partial charge in [0.1, 0.15) is 0 Å². The lowest BCUT2D eigenvalue weighted by Crippen LogP contribution is -2.20. The monoisotopic (exact) mass is 151 g/mol. The van der Waals surface area contributed by atoms with Crippen LogP contribution in [0.3, 0.4) is 0 Å². The molecule has 3 heteroatoms. The molecule has 1 aromatic heterocycles. The van der Waals surface area contributed by atoms with Gasteiger partial charge in [0, 0.05) is 24.5 Å². The largest absolute Gasteiger partial charge is 0.329 e. The summed E-state index contributed by atoms with van der Waals surface area (Å²) in [6.07, 6.45) is 1.77. The second-order valence-electron chi connectivity index (χ2n) is 2.58. The van der Waals surface area contributed by atoms with E-state index < -0.39 is 0 Å². The van der Waals surface area contributed by atoms with E-state index in [0.717, 1.165) is 11.3 Å². The molecule has 0 saturated heterocycles. The first kappa shape index (κ1) is 8.17. The number of nitrogens with two attached hydrogens (primary N) is 2. The van der Waals surface area contributed by atoms with Crippen molar-refractivity contribution in [2.75, 3.05) is 6.54 Å². The van der Waals surface area contributed by atoms with Crippen LogP contribution in [0.25, 0.3) is 0 Å². The fourth-order valence-corrected chi connectivity index (χ4v) is 0.835. The number of pyridine rings is 1. The first-order chi connectivity index (χ1) is 5.24. The molecule has 3 nitrogen and oxygen atoms in total. The Morgan fingerprint density at radius 2 is 2.27 bits per heavy atom. The second kappa shape index (κ2) is 3.46. The highest BCUT2D eigenvalue weighted by Crippen LogP contribution is 2.06. The summed E-state index contributed by atoms with van der Waals surface area (Å²) in [5, 5.41) is 0. The summed E-state index contributed by atoms with van der Waals surface area (Å²) < 4.78 is 0. The minimum atomic E-state index is -0.0805. The van der Waals surface area contributed by atoms with Gasteiger partial charge in [-0.2, -0.15) is 0 Å². The third-order valence-corrected chi connectivity index (χ3v) is 1.62. The summed E-state index contributed by atoms with van der Waals surface area (Å²) in [5.74, 6) is 0. The summed E-state index contributed by atoms with van der Waals surface area (Å²) in [5.41, 5.74) is 13.1. The zero-order valence-corrected chi connectivity index (χ0v) is 6.62. The molecule has 0 amide bonds. The van der Waals surface area contributed by atoms with Crippen LogP contribution in [0, 0.1) is 6.92 Å². The fraction of sp³-hybridized carbons (Fsp3) is 0.375. The van der Waals surface area contributed by atoms with E-state index in [2.05, 4.69) is 4.98 Å².